The van der Waals surface area contributed by atoms with E-state index in [0.29, 0.717) is 12.3 Å². The molecule has 2 heterocycles. The van der Waals surface area contributed by atoms with Gasteiger partial charge in [-0.05, 0) is 6.92 Å². The van der Waals surface area contributed by atoms with Crippen LogP contribution in [0.4, 0.5) is 0 Å². The number of rotatable bonds is 3. The number of nitrogens with zero attached hydrogens (tertiary/aromatic N) is 3. The van der Waals surface area contributed by atoms with Crippen molar-refractivity contribution in [2.45, 2.75) is 6.92 Å². The summed E-state index contributed by atoms with van der Waals surface area (Å²) in [6, 6.07) is 17.9. The first-order valence-electron chi connectivity index (χ1n) is 7.78. The van der Waals surface area contributed by atoms with Gasteiger partial charge in [-0.3, -0.25) is 0 Å². The minimum atomic E-state index is -0.437. The number of carbonyl (C=O) groups excluding carboxylic acids is 1. The summed E-state index contributed by atoms with van der Waals surface area (Å²) in [5.74, 6) is -0.437. The van der Waals surface area contributed by atoms with E-state index in [0.717, 1.165) is 22.0 Å². The zero-order valence-corrected chi connectivity index (χ0v) is 13.1. The molecule has 5 heteroatoms. The Bertz CT molecular complexity index is 1040. The van der Waals surface area contributed by atoms with Gasteiger partial charge in [0.25, 0.3) is 0 Å². The first-order chi connectivity index (χ1) is 11.8. The highest BCUT2D eigenvalue weighted by molar-refractivity contribution is 6.02. The molecular weight excluding hydrogens is 302 g/mol. The fraction of sp³-hybridized carbons (Fsp3) is 0.105. The van der Waals surface area contributed by atoms with E-state index in [2.05, 4.69) is 10.1 Å². The van der Waals surface area contributed by atoms with E-state index < -0.39 is 5.97 Å². The molecule has 0 aliphatic rings. The summed E-state index contributed by atoms with van der Waals surface area (Å²) in [5, 5.41) is 6.63. The Labute approximate surface area is 138 Å². The van der Waals surface area contributed by atoms with Gasteiger partial charge in [0, 0.05) is 16.3 Å². The molecule has 0 atom stereocenters. The average Bonchev–Trinajstić information content (AvgIpc) is 3.06. The van der Waals surface area contributed by atoms with Gasteiger partial charge in [-0.2, -0.15) is 5.10 Å². The molecule has 0 fully saturated rings. The Kier molecular flexibility index (Phi) is 3.46. The van der Waals surface area contributed by atoms with Crippen LogP contribution < -0.4 is 0 Å². The Morgan fingerprint density at radius 1 is 1.04 bits per heavy atom. The van der Waals surface area contributed by atoms with Crippen LogP contribution in [0, 0.1) is 0 Å². The van der Waals surface area contributed by atoms with E-state index in [1.165, 1.54) is 0 Å². The molecule has 2 aromatic heterocycles. The fourth-order valence-electron chi connectivity index (χ4n) is 2.79. The van der Waals surface area contributed by atoms with Crippen molar-refractivity contribution in [2.75, 3.05) is 6.61 Å². The predicted octanol–water partition coefficient (Wildman–Crippen LogP) is 3.73. The first-order valence-corrected chi connectivity index (χ1v) is 7.78. The minimum absolute atomic E-state index is 0.264. The summed E-state index contributed by atoms with van der Waals surface area (Å²) in [5.41, 5.74) is 2.78. The first kappa shape index (κ1) is 14.4. The summed E-state index contributed by atoms with van der Waals surface area (Å²) in [7, 11) is 0. The lowest BCUT2D eigenvalue weighted by Crippen LogP contribution is -2.04. The number of imidazole rings is 1. The highest BCUT2D eigenvalue weighted by Crippen LogP contribution is 2.28. The number of carbonyl (C=O) groups is 1. The van der Waals surface area contributed by atoms with Gasteiger partial charge in [-0.1, -0.05) is 54.6 Å². The van der Waals surface area contributed by atoms with Gasteiger partial charge in [0.1, 0.15) is 0 Å². The Morgan fingerprint density at radius 2 is 1.75 bits per heavy atom. The van der Waals surface area contributed by atoms with Gasteiger partial charge >= 0.3 is 5.97 Å². The quantitative estimate of drug-likeness (QED) is 0.540. The third-order valence-corrected chi connectivity index (χ3v) is 3.85. The molecule has 0 N–H and O–H groups in total. The van der Waals surface area contributed by atoms with Crippen molar-refractivity contribution in [3.8, 4) is 11.3 Å². The van der Waals surface area contributed by atoms with Crippen LogP contribution in [0.5, 0.6) is 0 Å². The van der Waals surface area contributed by atoms with E-state index in [-0.39, 0.29) is 5.69 Å². The average molecular weight is 317 g/mol. The second-order valence-electron chi connectivity index (χ2n) is 5.38. The Hall–Kier alpha value is -3.21. The van der Waals surface area contributed by atoms with Crippen molar-refractivity contribution in [2.24, 2.45) is 0 Å². The van der Waals surface area contributed by atoms with Gasteiger partial charge in [-0.15, -0.1) is 0 Å². The molecule has 0 bridgehead atoms. The summed E-state index contributed by atoms with van der Waals surface area (Å²) < 4.78 is 6.69. The lowest BCUT2D eigenvalue weighted by Gasteiger charge is -2.07. The van der Waals surface area contributed by atoms with Crippen LogP contribution in [0.2, 0.25) is 0 Å². The van der Waals surface area contributed by atoms with Crippen molar-refractivity contribution < 1.29 is 9.53 Å². The topological polar surface area (TPSA) is 56.5 Å². The highest BCUT2D eigenvalue weighted by atomic mass is 16.5. The SMILES string of the molecule is CCOC(=O)c1cn2nc(-c3ccccc3)c3ccccc3c2n1. The molecule has 118 valence electrons. The number of aromatic nitrogens is 3. The van der Waals surface area contributed by atoms with Crippen LogP contribution in [0.1, 0.15) is 17.4 Å². The summed E-state index contributed by atoms with van der Waals surface area (Å²) in [6.07, 6.45) is 1.62. The van der Waals surface area contributed by atoms with Crippen molar-refractivity contribution in [1.29, 1.82) is 0 Å². The number of fused-ring (bicyclic) bond motifs is 3. The molecule has 0 aliphatic heterocycles. The molecule has 24 heavy (non-hydrogen) atoms. The second kappa shape index (κ2) is 5.77. The number of ether oxygens (including phenoxy) is 1. The van der Waals surface area contributed by atoms with Gasteiger partial charge in [-0.25, -0.2) is 14.3 Å². The molecule has 0 aliphatic carbocycles. The van der Waals surface area contributed by atoms with E-state index in [9.17, 15) is 4.79 Å². The molecular formula is C19H15N3O2. The van der Waals surface area contributed by atoms with Gasteiger partial charge in [0.05, 0.1) is 18.5 Å². The van der Waals surface area contributed by atoms with Crippen molar-refractivity contribution in [3.63, 3.8) is 0 Å². The van der Waals surface area contributed by atoms with Gasteiger partial charge in [0.15, 0.2) is 11.3 Å². The molecule has 4 rings (SSSR count). The molecule has 0 saturated carbocycles. The zero-order chi connectivity index (χ0) is 16.5. The number of hydrogen-bond donors (Lipinski definition) is 0. The molecule has 0 radical (unpaired) electrons. The largest absolute Gasteiger partial charge is 0.461 e. The minimum Gasteiger partial charge on any atom is -0.461 e. The second-order valence-corrected chi connectivity index (χ2v) is 5.38. The van der Waals surface area contributed by atoms with E-state index in [4.69, 9.17) is 4.74 Å². The van der Waals surface area contributed by atoms with Crippen LogP contribution in [-0.2, 0) is 4.74 Å². The van der Waals surface area contributed by atoms with Crippen molar-refractivity contribution >= 4 is 22.4 Å². The van der Waals surface area contributed by atoms with Crippen LogP contribution in [0.25, 0.3) is 27.7 Å². The third kappa shape index (κ3) is 2.31. The molecule has 2 aromatic carbocycles. The van der Waals surface area contributed by atoms with Crippen molar-refractivity contribution in [3.05, 3.63) is 66.5 Å². The van der Waals surface area contributed by atoms with Gasteiger partial charge < -0.3 is 4.74 Å². The summed E-state index contributed by atoms with van der Waals surface area (Å²) >= 11 is 0. The maximum atomic E-state index is 12.0. The fourth-order valence-corrected chi connectivity index (χ4v) is 2.79. The lowest BCUT2D eigenvalue weighted by molar-refractivity contribution is 0.0520. The van der Waals surface area contributed by atoms with Gasteiger partial charge in [0.2, 0.25) is 0 Å². The number of benzene rings is 2. The van der Waals surface area contributed by atoms with E-state index in [1.807, 2.05) is 54.6 Å². The third-order valence-electron chi connectivity index (χ3n) is 3.85. The van der Waals surface area contributed by atoms with E-state index in [1.54, 1.807) is 17.6 Å². The Morgan fingerprint density at radius 3 is 2.50 bits per heavy atom. The predicted molar refractivity (Wildman–Crippen MR) is 91.9 cm³/mol. The van der Waals surface area contributed by atoms with Crippen LogP contribution >= 0.6 is 0 Å². The highest BCUT2D eigenvalue weighted by Gasteiger charge is 2.16. The molecule has 0 amide bonds. The molecule has 0 spiro atoms. The summed E-state index contributed by atoms with van der Waals surface area (Å²) in [4.78, 5) is 16.4. The standard InChI is InChI=1S/C19H15N3O2/c1-2-24-19(23)16-12-22-18(20-16)15-11-7-6-10-14(15)17(21-22)13-8-4-3-5-9-13/h3-12H,2H2,1H3. The maximum Gasteiger partial charge on any atom is 0.358 e. The van der Waals surface area contributed by atoms with E-state index >= 15 is 0 Å². The zero-order valence-electron chi connectivity index (χ0n) is 13.1. The van der Waals surface area contributed by atoms with Crippen LogP contribution in [0.3, 0.4) is 0 Å². The molecule has 5 nitrogen and oxygen atoms in total. The number of hydrogen-bond acceptors (Lipinski definition) is 4. The van der Waals surface area contributed by atoms with Crippen LogP contribution in [0.15, 0.2) is 60.8 Å². The smallest absolute Gasteiger partial charge is 0.358 e. The molecule has 0 saturated heterocycles. The number of esters is 1. The monoisotopic (exact) mass is 317 g/mol. The molecule has 0 unspecified atom stereocenters. The normalized spacial score (nSPS) is 11.0. The summed E-state index contributed by atoms with van der Waals surface area (Å²) in [6.45, 7) is 2.09. The van der Waals surface area contributed by atoms with Crippen LogP contribution in [-0.4, -0.2) is 27.2 Å². The lowest BCUT2D eigenvalue weighted by atomic mass is 10.1. The molecule has 4 aromatic rings. The van der Waals surface area contributed by atoms with Crippen molar-refractivity contribution in [1.82, 2.24) is 14.6 Å². The Balaban J connectivity index is 2.01. The maximum absolute atomic E-state index is 12.0.